The van der Waals surface area contributed by atoms with E-state index in [1.165, 1.54) is 4.57 Å². The third-order valence-corrected chi connectivity index (χ3v) is 4.11. The lowest BCUT2D eigenvalue weighted by Gasteiger charge is -2.18. The molecule has 0 fully saturated rings. The van der Waals surface area contributed by atoms with Gasteiger partial charge in [0.15, 0.2) is 12.4 Å². The van der Waals surface area contributed by atoms with Crippen LogP contribution in [0.1, 0.15) is 5.82 Å². The van der Waals surface area contributed by atoms with Gasteiger partial charge in [-0.05, 0) is 46.8 Å². The summed E-state index contributed by atoms with van der Waals surface area (Å²) >= 11 is 0. The Morgan fingerprint density at radius 1 is 1.09 bits per heavy atom. The highest BCUT2D eigenvalue weighted by Crippen LogP contribution is 2.33. The monoisotopic (exact) mass is 305 g/mol. The van der Waals surface area contributed by atoms with Gasteiger partial charge in [-0.2, -0.15) is 0 Å². The van der Waals surface area contributed by atoms with Gasteiger partial charge in [-0.3, -0.25) is 4.52 Å². The molecule has 6 nitrogen and oxygen atoms in total. The summed E-state index contributed by atoms with van der Waals surface area (Å²) in [5.74, 6) is 0.623. The second kappa shape index (κ2) is 4.36. The molecule has 0 amide bonds. The number of hydrogen-bond donors (Lipinski definition) is 1. The number of aromatic nitrogens is 3. The third-order valence-electron chi connectivity index (χ3n) is 4.11. The van der Waals surface area contributed by atoms with Gasteiger partial charge in [0.1, 0.15) is 5.75 Å². The molecule has 1 N–H and O–H groups in total. The van der Waals surface area contributed by atoms with Gasteiger partial charge >= 0.3 is 5.76 Å². The van der Waals surface area contributed by atoms with Crippen molar-refractivity contribution >= 4 is 10.9 Å². The molecule has 2 aromatic carbocycles. The van der Waals surface area contributed by atoms with Crippen LogP contribution in [0, 0.1) is 0 Å². The number of hydrogen-bond acceptors (Lipinski definition) is 4. The van der Waals surface area contributed by atoms with Crippen LogP contribution in [0.5, 0.6) is 5.75 Å². The van der Waals surface area contributed by atoms with Gasteiger partial charge in [-0.25, -0.2) is 9.36 Å². The van der Waals surface area contributed by atoms with Gasteiger partial charge in [0.05, 0.1) is 5.69 Å². The summed E-state index contributed by atoms with van der Waals surface area (Å²) in [6.07, 6.45) is 1.91. The van der Waals surface area contributed by atoms with Gasteiger partial charge < -0.3 is 9.72 Å². The van der Waals surface area contributed by atoms with Crippen LogP contribution in [0.15, 0.2) is 58.0 Å². The van der Waals surface area contributed by atoms with E-state index in [2.05, 4.69) is 16.2 Å². The molecule has 0 radical (unpaired) electrons. The molecular weight excluding hydrogens is 294 g/mol. The normalized spacial score (nSPS) is 12.7. The smallest absolute Gasteiger partial charge is 0.446 e. The Morgan fingerprint density at radius 3 is 2.91 bits per heavy atom. The van der Waals surface area contributed by atoms with Crippen molar-refractivity contribution < 1.29 is 9.26 Å². The maximum atomic E-state index is 11.9. The minimum Gasteiger partial charge on any atom is -0.483 e. The minimum atomic E-state index is -0.497. The Hall–Kier alpha value is -3.28. The van der Waals surface area contributed by atoms with E-state index in [4.69, 9.17) is 9.26 Å². The number of rotatable bonds is 1. The average molecular weight is 305 g/mol. The first kappa shape index (κ1) is 12.3. The second-order valence-corrected chi connectivity index (χ2v) is 5.45. The number of aromatic amines is 1. The van der Waals surface area contributed by atoms with Crippen LogP contribution in [0.4, 0.5) is 0 Å². The molecule has 5 rings (SSSR count). The number of H-pyrrole nitrogens is 1. The number of nitrogens with one attached hydrogen (secondary N) is 1. The Morgan fingerprint density at radius 2 is 1.96 bits per heavy atom. The number of fused-ring (bicyclic) bond motifs is 4. The lowest BCUT2D eigenvalue weighted by atomic mass is 10.0. The van der Waals surface area contributed by atoms with E-state index in [1.54, 1.807) is 0 Å². The van der Waals surface area contributed by atoms with Crippen molar-refractivity contribution in [2.45, 2.75) is 6.61 Å². The van der Waals surface area contributed by atoms with Crippen molar-refractivity contribution in [1.29, 1.82) is 0 Å². The molecule has 2 aromatic heterocycles. The van der Waals surface area contributed by atoms with Gasteiger partial charge in [0.25, 0.3) is 0 Å². The molecule has 0 unspecified atom stereocenters. The molecule has 0 aliphatic carbocycles. The predicted octanol–water partition coefficient (Wildman–Crippen LogP) is 2.87. The van der Waals surface area contributed by atoms with Crippen LogP contribution in [0.3, 0.4) is 0 Å². The summed E-state index contributed by atoms with van der Waals surface area (Å²) in [6, 6.07) is 14.0. The van der Waals surface area contributed by atoms with Crippen molar-refractivity contribution in [3.63, 3.8) is 0 Å². The van der Waals surface area contributed by atoms with Crippen LogP contribution in [-0.2, 0) is 6.61 Å². The first-order valence-electron chi connectivity index (χ1n) is 7.22. The minimum absolute atomic E-state index is 0.230. The Labute approximate surface area is 129 Å². The molecule has 3 heterocycles. The predicted molar refractivity (Wildman–Crippen MR) is 83.7 cm³/mol. The zero-order valence-electron chi connectivity index (χ0n) is 11.9. The fourth-order valence-corrected chi connectivity index (χ4v) is 2.98. The number of ether oxygens (including phenoxy) is 1. The largest absolute Gasteiger partial charge is 0.483 e. The molecule has 0 atom stereocenters. The van der Waals surface area contributed by atoms with Crippen molar-refractivity contribution in [1.82, 2.24) is 14.7 Å². The maximum Gasteiger partial charge on any atom is 0.446 e. The molecular formula is C17H11N3O3. The molecule has 1 aliphatic heterocycles. The summed E-state index contributed by atoms with van der Waals surface area (Å²) in [5, 5.41) is 4.88. The van der Waals surface area contributed by atoms with E-state index in [-0.39, 0.29) is 6.61 Å². The SMILES string of the molecule is O=c1onc2n1-c1cc(-c3ccc4[nH]ccc4c3)ccc1OC2. The topological polar surface area (TPSA) is 73.0 Å². The highest BCUT2D eigenvalue weighted by atomic mass is 16.5. The zero-order chi connectivity index (χ0) is 15.4. The third kappa shape index (κ3) is 1.75. The van der Waals surface area contributed by atoms with E-state index in [0.29, 0.717) is 17.3 Å². The fourth-order valence-electron chi connectivity index (χ4n) is 2.98. The summed E-state index contributed by atoms with van der Waals surface area (Å²) in [4.78, 5) is 15.1. The van der Waals surface area contributed by atoms with Crippen molar-refractivity contribution in [2.24, 2.45) is 0 Å². The molecule has 0 saturated heterocycles. The van der Waals surface area contributed by atoms with Crippen LogP contribution in [-0.4, -0.2) is 14.7 Å². The summed E-state index contributed by atoms with van der Waals surface area (Å²) < 4.78 is 11.8. The Kier molecular flexibility index (Phi) is 2.33. The summed E-state index contributed by atoms with van der Waals surface area (Å²) in [6.45, 7) is 0.230. The van der Waals surface area contributed by atoms with Crippen LogP contribution < -0.4 is 10.5 Å². The molecule has 23 heavy (non-hydrogen) atoms. The molecule has 0 spiro atoms. The lowest BCUT2D eigenvalue weighted by molar-refractivity contribution is 0.274. The molecule has 6 heteroatoms. The van der Waals surface area contributed by atoms with Gasteiger partial charge in [0.2, 0.25) is 0 Å². The average Bonchev–Trinajstić information content (AvgIpc) is 3.20. The highest BCUT2D eigenvalue weighted by molar-refractivity contribution is 5.85. The standard InChI is InChI=1S/C17H11N3O3/c21-17-20-14-8-11(2-4-15(14)22-9-16(20)19-23-17)10-1-3-13-12(7-10)5-6-18-13/h1-8,18H,9H2. The quantitative estimate of drug-likeness (QED) is 0.587. The number of benzene rings is 2. The lowest BCUT2D eigenvalue weighted by Crippen LogP contribution is -2.21. The summed E-state index contributed by atoms with van der Waals surface area (Å²) in [5.41, 5.74) is 3.81. The zero-order valence-corrected chi connectivity index (χ0v) is 11.9. The molecule has 4 aromatic rings. The van der Waals surface area contributed by atoms with Crippen LogP contribution in [0.2, 0.25) is 0 Å². The second-order valence-electron chi connectivity index (χ2n) is 5.45. The van der Waals surface area contributed by atoms with Gasteiger partial charge in [-0.15, -0.1) is 0 Å². The Bertz CT molecular complexity index is 1100. The number of nitrogens with zero attached hydrogens (tertiary/aromatic N) is 2. The molecule has 1 aliphatic rings. The van der Waals surface area contributed by atoms with Crippen molar-refractivity contribution in [2.75, 3.05) is 0 Å². The van der Waals surface area contributed by atoms with Crippen molar-refractivity contribution in [3.8, 4) is 22.6 Å². The Balaban J connectivity index is 1.71. The van der Waals surface area contributed by atoms with Gasteiger partial charge in [-0.1, -0.05) is 17.3 Å². The summed E-state index contributed by atoms with van der Waals surface area (Å²) in [7, 11) is 0. The first-order valence-corrected chi connectivity index (χ1v) is 7.22. The fraction of sp³-hybridized carbons (Fsp3) is 0.0588. The van der Waals surface area contributed by atoms with Gasteiger partial charge in [0, 0.05) is 11.7 Å². The van der Waals surface area contributed by atoms with Crippen LogP contribution in [0.25, 0.3) is 27.7 Å². The molecule has 0 bridgehead atoms. The first-order chi connectivity index (χ1) is 11.3. The maximum absolute atomic E-state index is 11.9. The highest BCUT2D eigenvalue weighted by Gasteiger charge is 2.22. The van der Waals surface area contributed by atoms with E-state index < -0.39 is 5.76 Å². The van der Waals surface area contributed by atoms with Crippen molar-refractivity contribution in [3.05, 3.63) is 65.0 Å². The molecule has 112 valence electrons. The van der Waals surface area contributed by atoms with E-state index in [0.717, 1.165) is 22.0 Å². The molecule has 0 saturated carbocycles. The van der Waals surface area contributed by atoms with E-state index in [9.17, 15) is 4.79 Å². The van der Waals surface area contributed by atoms with Crippen LogP contribution >= 0.6 is 0 Å². The van der Waals surface area contributed by atoms with E-state index >= 15 is 0 Å². The van der Waals surface area contributed by atoms with E-state index in [1.807, 2.05) is 42.6 Å².